The molecule has 0 spiro atoms. The predicted octanol–water partition coefficient (Wildman–Crippen LogP) is 2.79. The highest BCUT2D eigenvalue weighted by Gasteiger charge is 2.26. The normalized spacial score (nSPS) is 17.0. The summed E-state index contributed by atoms with van der Waals surface area (Å²) in [4.78, 5) is 13.7. The first kappa shape index (κ1) is 18.2. The van der Waals surface area contributed by atoms with Gasteiger partial charge in [0.1, 0.15) is 5.60 Å². The van der Waals surface area contributed by atoms with Gasteiger partial charge in [-0.2, -0.15) is 0 Å². The zero-order valence-electron chi connectivity index (χ0n) is 14.1. The van der Waals surface area contributed by atoms with E-state index in [-0.39, 0.29) is 12.2 Å². The van der Waals surface area contributed by atoms with E-state index in [0.717, 1.165) is 45.6 Å². The van der Waals surface area contributed by atoms with E-state index in [1.807, 2.05) is 20.8 Å². The Morgan fingerprint density at radius 1 is 1.24 bits per heavy atom. The van der Waals surface area contributed by atoms with Gasteiger partial charge < -0.3 is 19.7 Å². The van der Waals surface area contributed by atoms with Crippen molar-refractivity contribution < 1.29 is 14.3 Å². The van der Waals surface area contributed by atoms with Gasteiger partial charge in [-0.1, -0.05) is 13.3 Å². The van der Waals surface area contributed by atoms with Crippen LogP contribution in [0.15, 0.2) is 0 Å². The molecule has 1 saturated heterocycles. The van der Waals surface area contributed by atoms with Crippen molar-refractivity contribution in [3.63, 3.8) is 0 Å². The van der Waals surface area contributed by atoms with E-state index in [4.69, 9.17) is 9.47 Å². The lowest BCUT2D eigenvalue weighted by atomic mass is 10.1. The number of carbonyl (C=O) groups excluding carboxylic acids is 1. The van der Waals surface area contributed by atoms with Crippen LogP contribution in [0.2, 0.25) is 0 Å². The fraction of sp³-hybridized carbons (Fsp3) is 0.938. The molecule has 0 radical (unpaired) electrons. The number of carbonyl (C=O) groups is 1. The third kappa shape index (κ3) is 8.27. The third-order valence-corrected chi connectivity index (χ3v) is 3.43. The van der Waals surface area contributed by atoms with Crippen LogP contribution >= 0.6 is 0 Å². The van der Waals surface area contributed by atoms with Gasteiger partial charge in [0.2, 0.25) is 0 Å². The number of hydrogen-bond donors (Lipinski definition) is 1. The molecule has 0 aromatic rings. The van der Waals surface area contributed by atoms with Crippen molar-refractivity contribution in [1.82, 2.24) is 10.2 Å². The van der Waals surface area contributed by atoms with Crippen LogP contribution < -0.4 is 5.32 Å². The number of piperidine rings is 1. The lowest BCUT2D eigenvalue weighted by Gasteiger charge is -2.33. The largest absolute Gasteiger partial charge is 0.444 e. The minimum atomic E-state index is -0.422. The van der Waals surface area contributed by atoms with Crippen LogP contribution in [0.4, 0.5) is 4.79 Å². The van der Waals surface area contributed by atoms with Crippen molar-refractivity contribution >= 4 is 6.09 Å². The van der Waals surface area contributed by atoms with E-state index in [1.165, 1.54) is 12.8 Å². The SMILES string of the molecule is CCCCNCCOC1CCN(C(=O)OC(C)(C)C)CC1. The van der Waals surface area contributed by atoms with Gasteiger partial charge in [0.05, 0.1) is 12.7 Å². The van der Waals surface area contributed by atoms with Crippen LogP contribution in [0.5, 0.6) is 0 Å². The van der Waals surface area contributed by atoms with E-state index in [1.54, 1.807) is 4.90 Å². The van der Waals surface area contributed by atoms with E-state index < -0.39 is 5.60 Å². The summed E-state index contributed by atoms with van der Waals surface area (Å²) < 4.78 is 11.2. The summed E-state index contributed by atoms with van der Waals surface area (Å²) in [6, 6.07) is 0. The second-order valence-electron chi connectivity index (χ2n) is 6.64. The number of unbranched alkanes of at least 4 members (excludes halogenated alkanes) is 1. The second-order valence-corrected chi connectivity index (χ2v) is 6.64. The fourth-order valence-electron chi connectivity index (χ4n) is 2.26. The molecule has 21 heavy (non-hydrogen) atoms. The molecule has 0 saturated carbocycles. The first-order valence-electron chi connectivity index (χ1n) is 8.22. The first-order valence-corrected chi connectivity index (χ1v) is 8.22. The standard InChI is InChI=1S/C16H32N2O3/c1-5-6-9-17-10-13-20-14-7-11-18(12-8-14)15(19)21-16(2,3)4/h14,17H,5-13H2,1-4H3. The molecule has 0 atom stereocenters. The molecule has 1 fully saturated rings. The topological polar surface area (TPSA) is 50.8 Å². The minimum absolute atomic E-state index is 0.206. The monoisotopic (exact) mass is 300 g/mol. The maximum Gasteiger partial charge on any atom is 0.410 e. The fourth-order valence-corrected chi connectivity index (χ4v) is 2.26. The average molecular weight is 300 g/mol. The Morgan fingerprint density at radius 3 is 2.48 bits per heavy atom. The Labute approximate surface area is 129 Å². The molecule has 1 aliphatic rings. The molecule has 0 aromatic heterocycles. The van der Waals surface area contributed by atoms with Crippen LogP contribution in [-0.4, -0.2) is 55.5 Å². The van der Waals surface area contributed by atoms with Crippen molar-refractivity contribution in [3.05, 3.63) is 0 Å². The Kier molecular flexibility index (Phi) is 8.04. The molecule has 0 bridgehead atoms. The first-order chi connectivity index (χ1) is 9.92. The van der Waals surface area contributed by atoms with Crippen LogP contribution in [-0.2, 0) is 9.47 Å². The van der Waals surface area contributed by atoms with Gasteiger partial charge in [0.25, 0.3) is 0 Å². The van der Waals surface area contributed by atoms with Crippen LogP contribution in [0.1, 0.15) is 53.4 Å². The van der Waals surface area contributed by atoms with Gasteiger partial charge in [-0.15, -0.1) is 0 Å². The number of amides is 1. The number of nitrogens with one attached hydrogen (secondary N) is 1. The Balaban J connectivity index is 2.10. The highest BCUT2D eigenvalue weighted by atomic mass is 16.6. The van der Waals surface area contributed by atoms with E-state index >= 15 is 0 Å². The molecule has 1 rings (SSSR count). The maximum absolute atomic E-state index is 11.9. The summed E-state index contributed by atoms with van der Waals surface area (Å²) in [5.41, 5.74) is -0.422. The zero-order chi connectivity index (χ0) is 15.7. The van der Waals surface area contributed by atoms with Crippen molar-refractivity contribution in [3.8, 4) is 0 Å². The Bertz CT molecular complexity index is 294. The third-order valence-electron chi connectivity index (χ3n) is 3.43. The van der Waals surface area contributed by atoms with Crippen LogP contribution in [0.25, 0.3) is 0 Å². The molecular weight excluding hydrogens is 268 g/mol. The maximum atomic E-state index is 11.9. The summed E-state index contributed by atoms with van der Waals surface area (Å²) >= 11 is 0. The minimum Gasteiger partial charge on any atom is -0.444 e. The summed E-state index contributed by atoms with van der Waals surface area (Å²) in [5.74, 6) is 0. The van der Waals surface area contributed by atoms with Crippen molar-refractivity contribution in [2.45, 2.75) is 65.1 Å². The van der Waals surface area contributed by atoms with Crippen LogP contribution in [0.3, 0.4) is 0 Å². The molecule has 1 amide bonds. The molecule has 1 heterocycles. The smallest absolute Gasteiger partial charge is 0.410 e. The van der Waals surface area contributed by atoms with Gasteiger partial charge in [-0.25, -0.2) is 4.79 Å². The number of ether oxygens (including phenoxy) is 2. The van der Waals surface area contributed by atoms with Crippen LogP contribution in [0, 0.1) is 0 Å². The average Bonchev–Trinajstić information content (AvgIpc) is 2.41. The lowest BCUT2D eigenvalue weighted by molar-refractivity contribution is -0.0104. The van der Waals surface area contributed by atoms with E-state index in [0.29, 0.717) is 0 Å². The van der Waals surface area contributed by atoms with Gasteiger partial charge in [-0.05, 0) is 46.6 Å². The van der Waals surface area contributed by atoms with Gasteiger partial charge in [0.15, 0.2) is 0 Å². The molecule has 1 N–H and O–H groups in total. The molecule has 1 aliphatic heterocycles. The summed E-state index contributed by atoms with van der Waals surface area (Å²) in [5, 5.41) is 3.37. The molecule has 0 aliphatic carbocycles. The molecule has 124 valence electrons. The molecule has 5 heteroatoms. The lowest BCUT2D eigenvalue weighted by Crippen LogP contribution is -2.43. The summed E-state index contributed by atoms with van der Waals surface area (Å²) in [7, 11) is 0. The summed E-state index contributed by atoms with van der Waals surface area (Å²) in [6.45, 7) is 12.1. The van der Waals surface area contributed by atoms with Crippen molar-refractivity contribution in [2.24, 2.45) is 0 Å². The van der Waals surface area contributed by atoms with Gasteiger partial charge in [-0.3, -0.25) is 0 Å². The molecule has 5 nitrogen and oxygen atoms in total. The van der Waals surface area contributed by atoms with Crippen molar-refractivity contribution in [2.75, 3.05) is 32.8 Å². The van der Waals surface area contributed by atoms with Gasteiger partial charge in [0, 0.05) is 19.6 Å². The van der Waals surface area contributed by atoms with E-state index in [9.17, 15) is 4.79 Å². The molecule has 0 unspecified atom stereocenters. The summed E-state index contributed by atoms with van der Waals surface area (Å²) in [6.07, 6.45) is 4.30. The second kappa shape index (κ2) is 9.26. The Morgan fingerprint density at radius 2 is 1.90 bits per heavy atom. The van der Waals surface area contributed by atoms with Crippen molar-refractivity contribution in [1.29, 1.82) is 0 Å². The predicted molar refractivity (Wildman–Crippen MR) is 84.6 cm³/mol. The zero-order valence-corrected chi connectivity index (χ0v) is 14.1. The molecule has 0 aromatic carbocycles. The Hall–Kier alpha value is -0.810. The number of likely N-dealkylation sites (tertiary alicyclic amines) is 1. The van der Waals surface area contributed by atoms with Gasteiger partial charge >= 0.3 is 6.09 Å². The number of hydrogen-bond acceptors (Lipinski definition) is 4. The highest BCUT2D eigenvalue weighted by molar-refractivity contribution is 5.68. The number of rotatable bonds is 7. The number of nitrogens with zero attached hydrogens (tertiary/aromatic N) is 1. The molecular formula is C16H32N2O3. The highest BCUT2D eigenvalue weighted by Crippen LogP contribution is 2.17. The quantitative estimate of drug-likeness (QED) is 0.735. The van der Waals surface area contributed by atoms with E-state index in [2.05, 4.69) is 12.2 Å².